The quantitative estimate of drug-likeness (QED) is 0.744. The van der Waals surface area contributed by atoms with Crippen LogP contribution in [0.15, 0.2) is 28.7 Å². The summed E-state index contributed by atoms with van der Waals surface area (Å²) in [5.74, 6) is 1.37. The third-order valence-electron chi connectivity index (χ3n) is 2.72. The van der Waals surface area contributed by atoms with E-state index in [1.54, 1.807) is 12.1 Å². The van der Waals surface area contributed by atoms with Crippen LogP contribution in [0, 0.1) is 17.2 Å². The van der Waals surface area contributed by atoms with Crippen LogP contribution >= 0.6 is 0 Å². The first-order valence-corrected chi connectivity index (χ1v) is 5.33. The highest BCUT2D eigenvalue weighted by Gasteiger charge is 2.17. The maximum Gasteiger partial charge on any atom is 0.203 e. The zero-order valence-electron chi connectivity index (χ0n) is 8.89. The van der Waals surface area contributed by atoms with Crippen molar-refractivity contribution in [3.63, 3.8) is 0 Å². The summed E-state index contributed by atoms with van der Waals surface area (Å²) < 4.78 is 5.25. The fourth-order valence-corrected chi connectivity index (χ4v) is 1.83. The molecule has 4 heteroatoms. The Bertz CT molecular complexity index is 417. The van der Waals surface area contributed by atoms with Crippen molar-refractivity contribution in [3.8, 4) is 6.07 Å². The van der Waals surface area contributed by atoms with Crippen LogP contribution in [0.1, 0.15) is 17.9 Å². The molecule has 2 atom stereocenters. The van der Waals surface area contributed by atoms with Gasteiger partial charge in [0.2, 0.25) is 5.76 Å². The van der Waals surface area contributed by atoms with Crippen LogP contribution in [0.3, 0.4) is 0 Å². The minimum absolute atomic E-state index is 0.202. The molecule has 0 amide bonds. The number of nitrogens with zero attached hydrogens (tertiary/aromatic N) is 1. The SMILES string of the molecule is N#Cc1ccc(CN[C@@H]2C=C[C@H](CO)C2)o1. The van der Waals surface area contributed by atoms with Crippen molar-refractivity contribution >= 4 is 0 Å². The van der Waals surface area contributed by atoms with Crippen LogP contribution in [0.2, 0.25) is 0 Å². The molecule has 0 fully saturated rings. The summed E-state index contributed by atoms with van der Waals surface area (Å²) >= 11 is 0. The Morgan fingerprint density at radius 1 is 1.50 bits per heavy atom. The van der Waals surface area contributed by atoms with Gasteiger partial charge in [-0.1, -0.05) is 12.2 Å². The molecule has 2 N–H and O–H groups in total. The third kappa shape index (κ3) is 2.51. The second kappa shape index (κ2) is 4.97. The van der Waals surface area contributed by atoms with Crippen molar-refractivity contribution < 1.29 is 9.52 Å². The van der Waals surface area contributed by atoms with Gasteiger partial charge in [0.15, 0.2) is 0 Å². The number of furan rings is 1. The molecule has 0 saturated heterocycles. The van der Waals surface area contributed by atoms with Gasteiger partial charge in [0.1, 0.15) is 11.8 Å². The summed E-state index contributed by atoms with van der Waals surface area (Å²) in [6.45, 7) is 0.808. The molecule has 0 aromatic carbocycles. The number of aliphatic hydroxyl groups excluding tert-OH is 1. The highest BCUT2D eigenvalue weighted by atomic mass is 16.3. The van der Waals surface area contributed by atoms with Crippen molar-refractivity contribution in [3.05, 3.63) is 35.8 Å². The summed E-state index contributed by atoms with van der Waals surface area (Å²) in [6, 6.07) is 5.70. The molecule has 0 saturated carbocycles. The Morgan fingerprint density at radius 2 is 2.38 bits per heavy atom. The van der Waals surface area contributed by atoms with Crippen molar-refractivity contribution in [2.75, 3.05) is 6.61 Å². The molecule has 1 aromatic rings. The average molecular weight is 218 g/mol. The molecular formula is C12H14N2O2. The molecule has 0 aliphatic heterocycles. The first-order chi connectivity index (χ1) is 7.81. The van der Waals surface area contributed by atoms with Gasteiger partial charge in [-0.05, 0) is 18.6 Å². The van der Waals surface area contributed by atoms with E-state index < -0.39 is 0 Å². The molecule has 2 rings (SSSR count). The molecule has 16 heavy (non-hydrogen) atoms. The molecule has 1 heterocycles. The molecule has 0 radical (unpaired) electrons. The minimum Gasteiger partial charge on any atom is -0.449 e. The van der Waals surface area contributed by atoms with Gasteiger partial charge in [-0.25, -0.2) is 0 Å². The van der Waals surface area contributed by atoms with Crippen molar-refractivity contribution in [1.29, 1.82) is 5.26 Å². The molecule has 4 nitrogen and oxygen atoms in total. The van der Waals surface area contributed by atoms with Gasteiger partial charge in [-0.15, -0.1) is 0 Å². The van der Waals surface area contributed by atoms with E-state index in [-0.39, 0.29) is 18.6 Å². The predicted octanol–water partition coefficient (Wildman–Crippen LogP) is 1.18. The number of hydrogen-bond acceptors (Lipinski definition) is 4. The normalized spacial score (nSPS) is 23.5. The molecule has 0 bridgehead atoms. The first-order valence-electron chi connectivity index (χ1n) is 5.33. The lowest BCUT2D eigenvalue weighted by Gasteiger charge is -2.11. The molecule has 84 valence electrons. The molecule has 1 aliphatic rings. The summed E-state index contributed by atoms with van der Waals surface area (Å²) in [5.41, 5.74) is 0. The minimum atomic E-state index is 0.202. The van der Waals surface area contributed by atoms with Crippen LogP contribution < -0.4 is 5.32 Å². The predicted molar refractivity (Wildman–Crippen MR) is 58.4 cm³/mol. The maximum absolute atomic E-state index is 8.97. The Hall–Kier alpha value is -1.57. The van der Waals surface area contributed by atoms with Crippen LogP contribution in [0.5, 0.6) is 0 Å². The summed E-state index contributed by atoms with van der Waals surface area (Å²) in [4.78, 5) is 0. The largest absolute Gasteiger partial charge is 0.449 e. The van der Waals surface area contributed by atoms with E-state index in [1.165, 1.54) is 0 Å². The molecule has 0 spiro atoms. The zero-order chi connectivity index (χ0) is 11.4. The first kappa shape index (κ1) is 10.9. The number of nitrogens with one attached hydrogen (secondary N) is 1. The average Bonchev–Trinajstić information content (AvgIpc) is 2.95. The van der Waals surface area contributed by atoms with Gasteiger partial charge in [-0.3, -0.25) is 0 Å². The Kier molecular flexibility index (Phi) is 3.40. The monoisotopic (exact) mass is 218 g/mol. The summed E-state index contributed by atoms with van der Waals surface area (Å²) in [5, 5.41) is 20.9. The molecular weight excluding hydrogens is 204 g/mol. The van der Waals surface area contributed by atoms with Crippen LogP contribution in [-0.2, 0) is 6.54 Å². The molecule has 1 aromatic heterocycles. The number of hydrogen-bond donors (Lipinski definition) is 2. The summed E-state index contributed by atoms with van der Waals surface area (Å²) in [7, 11) is 0. The highest BCUT2D eigenvalue weighted by molar-refractivity contribution is 5.19. The lowest BCUT2D eigenvalue weighted by molar-refractivity contribution is 0.246. The Labute approximate surface area is 94.2 Å². The maximum atomic E-state index is 8.97. The number of nitriles is 1. The number of aliphatic hydroxyl groups is 1. The Morgan fingerprint density at radius 3 is 3.00 bits per heavy atom. The van der Waals surface area contributed by atoms with E-state index in [9.17, 15) is 0 Å². The fraction of sp³-hybridized carbons (Fsp3) is 0.417. The second-order valence-corrected chi connectivity index (χ2v) is 3.93. The van der Waals surface area contributed by atoms with Gasteiger partial charge in [0.25, 0.3) is 0 Å². The molecule has 1 aliphatic carbocycles. The third-order valence-corrected chi connectivity index (χ3v) is 2.72. The van der Waals surface area contributed by atoms with Gasteiger partial charge < -0.3 is 14.8 Å². The van der Waals surface area contributed by atoms with Gasteiger partial charge in [0.05, 0.1) is 6.54 Å². The fourth-order valence-electron chi connectivity index (χ4n) is 1.83. The highest BCUT2D eigenvalue weighted by Crippen LogP contribution is 2.17. The smallest absolute Gasteiger partial charge is 0.203 e. The van der Waals surface area contributed by atoms with Gasteiger partial charge in [-0.2, -0.15) is 5.26 Å². The van der Waals surface area contributed by atoms with Crippen LogP contribution in [0.4, 0.5) is 0 Å². The van der Waals surface area contributed by atoms with E-state index >= 15 is 0 Å². The summed E-state index contributed by atoms with van der Waals surface area (Å²) in [6.07, 6.45) is 5.01. The molecule has 0 unspecified atom stereocenters. The lowest BCUT2D eigenvalue weighted by atomic mass is 10.1. The van der Waals surface area contributed by atoms with Crippen LogP contribution in [-0.4, -0.2) is 17.8 Å². The van der Waals surface area contributed by atoms with Crippen molar-refractivity contribution in [1.82, 2.24) is 5.32 Å². The van der Waals surface area contributed by atoms with Gasteiger partial charge >= 0.3 is 0 Å². The van der Waals surface area contributed by atoms with Crippen molar-refractivity contribution in [2.24, 2.45) is 5.92 Å². The topological polar surface area (TPSA) is 69.2 Å². The number of rotatable bonds is 4. The van der Waals surface area contributed by atoms with E-state index in [0.717, 1.165) is 12.2 Å². The Balaban J connectivity index is 1.80. The zero-order valence-corrected chi connectivity index (χ0v) is 8.89. The van der Waals surface area contributed by atoms with Gasteiger partial charge in [0, 0.05) is 18.6 Å². The van der Waals surface area contributed by atoms with E-state index in [2.05, 4.69) is 11.4 Å². The van der Waals surface area contributed by atoms with Crippen molar-refractivity contribution in [2.45, 2.75) is 19.0 Å². The van der Waals surface area contributed by atoms with E-state index in [4.69, 9.17) is 14.8 Å². The second-order valence-electron chi connectivity index (χ2n) is 3.93. The van der Waals surface area contributed by atoms with E-state index in [0.29, 0.717) is 12.3 Å². The lowest BCUT2D eigenvalue weighted by Crippen LogP contribution is -2.25. The standard InChI is InChI=1S/C12H14N2O2/c13-6-11-3-4-12(16-11)7-14-10-2-1-9(5-10)8-15/h1-4,9-10,14-15H,5,7-8H2/t9-,10+/m0/s1. The van der Waals surface area contributed by atoms with E-state index in [1.807, 2.05) is 12.1 Å². The van der Waals surface area contributed by atoms with Crippen LogP contribution in [0.25, 0.3) is 0 Å².